The zero-order valence-electron chi connectivity index (χ0n) is 11.6. The van der Waals surface area contributed by atoms with Gasteiger partial charge in [0.25, 0.3) is 0 Å². The Morgan fingerprint density at radius 3 is 2.65 bits per heavy atom. The zero-order chi connectivity index (χ0) is 14.1. The number of nitrogens with zero attached hydrogens (tertiary/aromatic N) is 1. The molecule has 3 rings (SSSR count). The number of pyridine rings is 1. The van der Waals surface area contributed by atoms with Gasteiger partial charge >= 0.3 is 0 Å². The third-order valence-corrected chi connectivity index (χ3v) is 3.54. The Kier molecular flexibility index (Phi) is 3.03. The largest absolute Gasteiger partial charge is 0.456 e. The Labute approximate surface area is 118 Å². The summed E-state index contributed by atoms with van der Waals surface area (Å²) in [5.41, 5.74) is 9.74. The second-order valence-electron chi connectivity index (χ2n) is 4.85. The number of hydrogen-bond acceptors (Lipinski definition) is 3. The molecule has 2 aromatic carbocycles. The summed E-state index contributed by atoms with van der Waals surface area (Å²) in [5, 5.41) is 0.924. The molecule has 0 amide bonds. The maximum absolute atomic E-state index is 6.06. The van der Waals surface area contributed by atoms with Gasteiger partial charge < -0.3 is 10.5 Å². The van der Waals surface area contributed by atoms with Gasteiger partial charge in [0.1, 0.15) is 11.5 Å². The van der Waals surface area contributed by atoms with Crippen LogP contribution in [0.3, 0.4) is 0 Å². The predicted molar refractivity (Wildman–Crippen MR) is 82.1 cm³/mol. The standard InChI is InChI=1S/C17H16N2O/c1-11-5-3-7-15(12(11)2)20-16-9-8-14(18)17-13(16)6-4-10-19-17/h3-10H,18H2,1-2H3. The van der Waals surface area contributed by atoms with E-state index in [1.54, 1.807) is 6.20 Å². The molecular weight excluding hydrogens is 248 g/mol. The van der Waals surface area contributed by atoms with Crippen molar-refractivity contribution in [2.45, 2.75) is 13.8 Å². The van der Waals surface area contributed by atoms with Crippen LogP contribution in [0.4, 0.5) is 5.69 Å². The Hall–Kier alpha value is -2.55. The third kappa shape index (κ3) is 2.07. The molecule has 100 valence electrons. The minimum absolute atomic E-state index is 0.661. The first-order valence-electron chi connectivity index (χ1n) is 6.54. The van der Waals surface area contributed by atoms with E-state index in [0.717, 1.165) is 28.0 Å². The number of ether oxygens (including phenoxy) is 1. The monoisotopic (exact) mass is 264 g/mol. The van der Waals surface area contributed by atoms with E-state index in [9.17, 15) is 0 Å². The molecule has 0 aliphatic rings. The second-order valence-corrected chi connectivity index (χ2v) is 4.85. The summed E-state index contributed by atoms with van der Waals surface area (Å²) in [6.07, 6.45) is 1.74. The summed E-state index contributed by atoms with van der Waals surface area (Å²) >= 11 is 0. The van der Waals surface area contributed by atoms with Crippen LogP contribution in [0.25, 0.3) is 10.9 Å². The van der Waals surface area contributed by atoms with Crippen LogP contribution in [0.2, 0.25) is 0 Å². The third-order valence-electron chi connectivity index (χ3n) is 3.54. The Morgan fingerprint density at radius 2 is 1.80 bits per heavy atom. The molecule has 0 saturated carbocycles. The van der Waals surface area contributed by atoms with Crippen molar-refractivity contribution in [1.29, 1.82) is 0 Å². The number of aromatic nitrogens is 1. The van der Waals surface area contributed by atoms with Crippen LogP contribution in [0.15, 0.2) is 48.7 Å². The average molecular weight is 264 g/mol. The summed E-state index contributed by atoms with van der Waals surface area (Å²) in [6.45, 7) is 4.13. The van der Waals surface area contributed by atoms with Crippen molar-refractivity contribution in [3.8, 4) is 11.5 Å². The van der Waals surface area contributed by atoms with E-state index in [2.05, 4.69) is 24.9 Å². The van der Waals surface area contributed by atoms with Gasteiger partial charge in [-0.3, -0.25) is 4.98 Å². The lowest BCUT2D eigenvalue weighted by Gasteiger charge is -2.13. The summed E-state index contributed by atoms with van der Waals surface area (Å²) < 4.78 is 6.06. The van der Waals surface area contributed by atoms with Crippen molar-refractivity contribution in [1.82, 2.24) is 4.98 Å². The molecule has 0 fully saturated rings. The van der Waals surface area contributed by atoms with Gasteiger partial charge in [-0.15, -0.1) is 0 Å². The van der Waals surface area contributed by atoms with Crippen LogP contribution in [0.1, 0.15) is 11.1 Å². The first-order valence-corrected chi connectivity index (χ1v) is 6.54. The lowest BCUT2D eigenvalue weighted by Crippen LogP contribution is -1.94. The molecule has 0 radical (unpaired) electrons. The molecule has 0 unspecified atom stereocenters. The molecule has 2 N–H and O–H groups in total. The van der Waals surface area contributed by atoms with Crippen LogP contribution in [0, 0.1) is 13.8 Å². The van der Waals surface area contributed by atoms with Crippen molar-refractivity contribution in [2.75, 3.05) is 5.73 Å². The lowest BCUT2D eigenvalue weighted by atomic mass is 10.1. The summed E-state index contributed by atoms with van der Waals surface area (Å²) in [7, 11) is 0. The van der Waals surface area contributed by atoms with Crippen LogP contribution >= 0.6 is 0 Å². The average Bonchev–Trinajstić information content (AvgIpc) is 2.47. The highest BCUT2D eigenvalue weighted by atomic mass is 16.5. The number of nitrogen functional groups attached to an aromatic ring is 1. The number of benzene rings is 2. The summed E-state index contributed by atoms with van der Waals surface area (Å²) in [4.78, 5) is 4.32. The van der Waals surface area contributed by atoms with Gasteiger partial charge in [-0.2, -0.15) is 0 Å². The number of hydrogen-bond donors (Lipinski definition) is 1. The van der Waals surface area contributed by atoms with Crippen molar-refractivity contribution in [3.63, 3.8) is 0 Å². The first-order chi connectivity index (χ1) is 9.66. The summed E-state index contributed by atoms with van der Waals surface area (Å²) in [5.74, 6) is 1.64. The van der Waals surface area contributed by atoms with E-state index in [-0.39, 0.29) is 0 Å². The van der Waals surface area contributed by atoms with Gasteiger partial charge in [-0.05, 0) is 55.3 Å². The maximum atomic E-state index is 6.06. The maximum Gasteiger partial charge on any atom is 0.136 e. The normalized spacial score (nSPS) is 10.7. The van der Waals surface area contributed by atoms with Crippen molar-refractivity contribution in [2.24, 2.45) is 0 Å². The van der Waals surface area contributed by atoms with Gasteiger partial charge in [0.05, 0.1) is 11.2 Å². The molecule has 0 aliphatic heterocycles. The van der Waals surface area contributed by atoms with E-state index in [4.69, 9.17) is 10.5 Å². The number of anilines is 1. The Morgan fingerprint density at radius 1 is 0.950 bits per heavy atom. The van der Waals surface area contributed by atoms with Gasteiger partial charge in [-0.1, -0.05) is 12.1 Å². The lowest BCUT2D eigenvalue weighted by molar-refractivity contribution is 0.484. The minimum Gasteiger partial charge on any atom is -0.456 e. The first kappa shape index (κ1) is 12.5. The van der Waals surface area contributed by atoms with Crippen LogP contribution < -0.4 is 10.5 Å². The highest BCUT2D eigenvalue weighted by Crippen LogP contribution is 2.33. The van der Waals surface area contributed by atoms with Gasteiger partial charge in [0.15, 0.2) is 0 Å². The van der Waals surface area contributed by atoms with Gasteiger partial charge in [0.2, 0.25) is 0 Å². The topological polar surface area (TPSA) is 48.1 Å². The Bertz CT molecular complexity index is 781. The zero-order valence-corrected chi connectivity index (χ0v) is 11.6. The fourth-order valence-electron chi connectivity index (χ4n) is 2.21. The molecule has 3 nitrogen and oxygen atoms in total. The van der Waals surface area contributed by atoms with E-state index in [1.807, 2.05) is 36.4 Å². The molecule has 1 heterocycles. The molecule has 3 aromatic rings. The Balaban J connectivity index is 2.12. The summed E-state index contributed by atoms with van der Waals surface area (Å²) in [6, 6.07) is 13.6. The minimum atomic E-state index is 0.661. The van der Waals surface area contributed by atoms with Crippen LogP contribution in [-0.4, -0.2) is 4.98 Å². The molecule has 0 saturated heterocycles. The fraction of sp³-hybridized carbons (Fsp3) is 0.118. The van der Waals surface area contributed by atoms with E-state index in [0.29, 0.717) is 5.69 Å². The molecule has 20 heavy (non-hydrogen) atoms. The molecule has 0 spiro atoms. The van der Waals surface area contributed by atoms with Gasteiger partial charge in [0, 0.05) is 11.6 Å². The van der Waals surface area contributed by atoms with E-state index in [1.165, 1.54) is 5.56 Å². The molecule has 0 bridgehead atoms. The van der Waals surface area contributed by atoms with Crippen molar-refractivity contribution >= 4 is 16.6 Å². The molecular formula is C17H16N2O. The molecule has 3 heteroatoms. The van der Waals surface area contributed by atoms with Crippen molar-refractivity contribution < 1.29 is 4.74 Å². The number of nitrogens with two attached hydrogens (primary N) is 1. The van der Waals surface area contributed by atoms with Crippen LogP contribution in [0.5, 0.6) is 11.5 Å². The molecule has 1 aromatic heterocycles. The predicted octanol–water partition coefficient (Wildman–Crippen LogP) is 4.23. The quantitative estimate of drug-likeness (QED) is 0.705. The van der Waals surface area contributed by atoms with Gasteiger partial charge in [-0.25, -0.2) is 0 Å². The smallest absolute Gasteiger partial charge is 0.136 e. The fourth-order valence-corrected chi connectivity index (χ4v) is 2.21. The second kappa shape index (κ2) is 4.85. The highest BCUT2D eigenvalue weighted by Gasteiger charge is 2.09. The molecule has 0 aliphatic carbocycles. The SMILES string of the molecule is Cc1cccc(Oc2ccc(N)c3ncccc23)c1C. The van der Waals surface area contributed by atoms with E-state index < -0.39 is 0 Å². The highest BCUT2D eigenvalue weighted by molar-refractivity contribution is 5.93. The van der Waals surface area contributed by atoms with Crippen LogP contribution in [-0.2, 0) is 0 Å². The number of fused-ring (bicyclic) bond motifs is 1. The number of rotatable bonds is 2. The van der Waals surface area contributed by atoms with Crippen molar-refractivity contribution in [3.05, 3.63) is 59.8 Å². The number of aryl methyl sites for hydroxylation is 1. The molecule has 0 atom stereocenters. The van der Waals surface area contributed by atoms with E-state index >= 15 is 0 Å².